The molecule has 1 aliphatic heterocycles. The lowest BCUT2D eigenvalue weighted by Gasteiger charge is -2.19. The summed E-state index contributed by atoms with van der Waals surface area (Å²) in [7, 11) is 0. The number of pyridine rings is 1. The van der Waals surface area contributed by atoms with Gasteiger partial charge in [-0.25, -0.2) is 0 Å². The Labute approximate surface area is 120 Å². The molecule has 1 aliphatic rings. The molecule has 1 fully saturated rings. The predicted molar refractivity (Wildman–Crippen MR) is 80.1 cm³/mol. The number of aromatic nitrogens is 1. The summed E-state index contributed by atoms with van der Waals surface area (Å²) in [6.07, 6.45) is 5.97. The molecule has 2 aromatic rings. The van der Waals surface area contributed by atoms with Crippen molar-refractivity contribution < 1.29 is 4.79 Å². The largest absolute Gasteiger partial charge is 0.311 e. The molecule has 1 amide bonds. The van der Waals surface area contributed by atoms with Crippen LogP contribution in [0.3, 0.4) is 0 Å². The molecule has 1 aromatic carbocycles. The molecule has 0 radical (unpaired) electrons. The summed E-state index contributed by atoms with van der Waals surface area (Å²) in [6, 6.07) is 5.90. The first-order chi connectivity index (χ1) is 9.20. The number of amides is 1. The molecule has 3 nitrogen and oxygen atoms in total. The Morgan fingerprint density at radius 2 is 2.21 bits per heavy atom. The fourth-order valence-corrected chi connectivity index (χ4v) is 2.98. The fourth-order valence-electron chi connectivity index (χ4n) is 2.50. The van der Waals surface area contributed by atoms with Gasteiger partial charge in [-0.1, -0.05) is 22.0 Å². The Kier molecular flexibility index (Phi) is 3.11. The van der Waals surface area contributed by atoms with Crippen LogP contribution in [0.5, 0.6) is 0 Å². The smallest absolute Gasteiger partial charge is 0.227 e. The molecule has 96 valence electrons. The molecule has 1 saturated heterocycles. The van der Waals surface area contributed by atoms with Crippen molar-refractivity contribution in [3.8, 4) is 0 Å². The van der Waals surface area contributed by atoms with Gasteiger partial charge in [0.05, 0.1) is 5.69 Å². The number of carbonyl (C=O) groups excluding carboxylic acids is 1. The molecule has 19 heavy (non-hydrogen) atoms. The van der Waals surface area contributed by atoms with Crippen LogP contribution < -0.4 is 4.90 Å². The molecular weight excluding hydrogens is 304 g/mol. The van der Waals surface area contributed by atoms with E-state index in [1.54, 1.807) is 6.20 Å². The maximum absolute atomic E-state index is 12.1. The highest BCUT2D eigenvalue weighted by Crippen LogP contribution is 2.34. The zero-order chi connectivity index (χ0) is 13.4. The first-order valence-electron chi connectivity index (χ1n) is 6.16. The molecular formula is C15H13BrN2O. The van der Waals surface area contributed by atoms with Gasteiger partial charge in [0.15, 0.2) is 0 Å². The van der Waals surface area contributed by atoms with Gasteiger partial charge in [-0.3, -0.25) is 9.78 Å². The van der Waals surface area contributed by atoms with Crippen LogP contribution in [0.4, 0.5) is 5.69 Å². The van der Waals surface area contributed by atoms with Crippen LogP contribution in [-0.2, 0) is 4.79 Å². The maximum atomic E-state index is 12.1. The van der Waals surface area contributed by atoms with Crippen LogP contribution in [0.1, 0.15) is 6.42 Å². The normalized spacial score (nSPS) is 19.1. The third-order valence-electron chi connectivity index (χ3n) is 3.52. The third-order valence-corrected chi connectivity index (χ3v) is 4.21. The average Bonchev–Trinajstić information content (AvgIpc) is 2.81. The minimum absolute atomic E-state index is 0.150. The minimum atomic E-state index is 0.150. The van der Waals surface area contributed by atoms with Gasteiger partial charge in [0.1, 0.15) is 0 Å². The van der Waals surface area contributed by atoms with E-state index in [2.05, 4.69) is 27.5 Å². The first kappa shape index (κ1) is 12.4. The van der Waals surface area contributed by atoms with Gasteiger partial charge < -0.3 is 4.90 Å². The van der Waals surface area contributed by atoms with E-state index in [0.29, 0.717) is 13.0 Å². The topological polar surface area (TPSA) is 33.2 Å². The number of halogens is 1. The van der Waals surface area contributed by atoms with Crippen LogP contribution in [0.2, 0.25) is 0 Å². The standard InChI is InChI=1S/C15H13BrN2O/c1-2-10-7-15(19)18(9-10)14-4-3-13(16)11-5-6-17-8-12(11)14/h2-6,8,10H,1,7,9H2. The maximum Gasteiger partial charge on any atom is 0.227 e. The third kappa shape index (κ3) is 2.06. The van der Waals surface area contributed by atoms with Crippen molar-refractivity contribution in [2.45, 2.75) is 6.42 Å². The molecule has 1 unspecified atom stereocenters. The average molecular weight is 317 g/mol. The van der Waals surface area contributed by atoms with Crippen LogP contribution in [0, 0.1) is 5.92 Å². The number of hydrogen-bond donors (Lipinski definition) is 0. The molecule has 1 aromatic heterocycles. The Bertz CT molecular complexity index is 668. The number of rotatable bonds is 2. The molecule has 0 N–H and O–H groups in total. The Hall–Kier alpha value is -1.68. The second-order valence-corrected chi connectivity index (χ2v) is 5.55. The van der Waals surface area contributed by atoms with E-state index in [1.807, 2.05) is 35.4 Å². The Morgan fingerprint density at radius 3 is 2.95 bits per heavy atom. The summed E-state index contributed by atoms with van der Waals surface area (Å²) in [5.41, 5.74) is 0.931. The summed E-state index contributed by atoms with van der Waals surface area (Å²) < 4.78 is 1.01. The lowest BCUT2D eigenvalue weighted by atomic mass is 10.1. The van der Waals surface area contributed by atoms with Crippen molar-refractivity contribution in [3.05, 3.63) is 47.7 Å². The van der Waals surface area contributed by atoms with E-state index in [1.165, 1.54) is 0 Å². The number of nitrogens with zero attached hydrogens (tertiary/aromatic N) is 2. The van der Waals surface area contributed by atoms with Crippen LogP contribution in [0.25, 0.3) is 10.8 Å². The van der Waals surface area contributed by atoms with Gasteiger partial charge in [-0.05, 0) is 18.2 Å². The van der Waals surface area contributed by atoms with Crippen LogP contribution >= 0.6 is 15.9 Å². The summed E-state index contributed by atoms with van der Waals surface area (Å²) in [4.78, 5) is 18.1. The zero-order valence-corrected chi connectivity index (χ0v) is 11.9. The number of fused-ring (bicyclic) bond motifs is 1. The van der Waals surface area contributed by atoms with Crippen molar-refractivity contribution in [2.24, 2.45) is 5.92 Å². The second-order valence-electron chi connectivity index (χ2n) is 4.69. The Morgan fingerprint density at radius 1 is 1.37 bits per heavy atom. The highest BCUT2D eigenvalue weighted by molar-refractivity contribution is 9.10. The van der Waals surface area contributed by atoms with Gasteiger partial charge in [0.2, 0.25) is 5.91 Å². The van der Waals surface area contributed by atoms with Crippen molar-refractivity contribution in [3.63, 3.8) is 0 Å². The number of hydrogen-bond acceptors (Lipinski definition) is 2. The number of anilines is 1. The predicted octanol–water partition coefficient (Wildman–Crippen LogP) is 3.54. The van der Waals surface area contributed by atoms with Gasteiger partial charge in [0, 0.05) is 46.5 Å². The van der Waals surface area contributed by atoms with E-state index in [9.17, 15) is 4.79 Å². The van der Waals surface area contributed by atoms with Gasteiger partial charge >= 0.3 is 0 Å². The van der Waals surface area contributed by atoms with Crippen LogP contribution in [0.15, 0.2) is 47.7 Å². The molecule has 2 heterocycles. The van der Waals surface area contributed by atoms with Gasteiger partial charge in [0.25, 0.3) is 0 Å². The highest BCUT2D eigenvalue weighted by Gasteiger charge is 2.29. The summed E-state index contributed by atoms with van der Waals surface area (Å²) in [5, 5.41) is 2.07. The molecule has 0 bridgehead atoms. The van der Waals surface area contributed by atoms with Crippen LogP contribution in [-0.4, -0.2) is 17.4 Å². The van der Waals surface area contributed by atoms with Gasteiger partial charge in [-0.15, -0.1) is 6.58 Å². The molecule has 1 atom stereocenters. The molecule has 4 heteroatoms. The molecule has 0 aliphatic carbocycles. The monoisotopic (exact) mass is 316 g/mol. The van der Waals surface area contributed by atoms with Crippen molar-refractivity contribution >= 4 is 38.3 Å². The second kappa shape index (κ2) is 4.78. The van der Waals surface area contributed by atoms with E-state index in [4.69, 9.17) is 0 Å². The summed E-state index contributed by atoms with van der Waals surface area (Å²) in [6.45, 7) is 4.49. The van der Waals surface area contributed by atoms with E-state index >= 15 is 0 Å². The lowest BCUT2D eigenvalue weighted by molar-refractivity contribution is -0.117. The molecule has 0 spiro atoms. The quantitative estimate of drug-likeness (QED) is 0.794. The SMILES string of the molecule is C=CC1CC(=O)N(c2ccc(Br)c3ccncc23)C1. The lowest BCUT2D eigenvalue weighted by Crippen LogP contribution is -2.24. The van der Waals surface area contributed by atoms with Crippen molar-refractivity contribution in [1.82, 2.24) is 4.98 Å². The molecule has 3 rings (SSSR count). The van der Waals surface area contributed by atoms with E-state index < -0.39 is 0 Å². The van der Waals surface area contributed by atoms with Gasteiger partial charge in [-0.2, -0.15) is 0 Å². The fraction of sp³-hybridized carbons (Fsp3) is 0.200. The van der Waals surface area contributed by atoms with Crippen molar-refractivity contribution in [2.75, 3.05) is 11.4 Å². The molecule has 0 saturated carbocycles. The van der Waals surface area contributed by atoms with E-state index in [-0.39, 0.29) is 11.8 Å². The summed E-state index contributed by atoms with van der Waals surface area (Å²) >= 11 is 3.53. The van der Waals surface area contributed by atoms with E-state index in [0.717, 1.165) is 20.9 Å². The highest BCUT2D eigenvalue weighted by atomic mass is 79.9. The minimum Gasteiger partial charge on any atom is -0.311 e. The number of benzene rings is 1. The first-order valence-corrected chi connectivity index (χ1v) is 6.95. The number of carbonyl (C=O) groups is 1. The Balaban J connectivity index is 2.14. The zero-order valence-electron chi connectivity index (χ0n) is 10.3. The van der Waals surface area contributed by atoms with Crippen molar-refractivity contribution in [1.29, 1.82) is 0 Å². The summed E-state index contributed by atoms with van der Waals surface area (Å²) in [5.74, 6) is 0.389.